The number of carbonyl (C=O) groups excluding carboxylic acids is 2. The van der Waals surface area contributed by atoms with E-state index in [2.05, 4.69) is 29.6 Å². The van der Waals surface area contributed by atoms with Gasteiger partial charge in [0, 0.05) is 12.5 Å². The van der Waals surface area contributed by atoms with Crippen LogP contribution in [-0.4, -0.2) is 64.7 Å². The summed E-state index contributed by atoms with van der Waals surface area (Å²) in [6.07, 6.45) is 3.80. The molecule has 5 rings (SSSR count). The molecular formula is C27H30N2O5S. The second kappa shape index (κ2) is 9.57. The molecule has 2 aromatic rings. The van der Waals surface area contributed by atoms with Crippen molar-refractivity contribution in [2.75, 3.05) is 25.2 Å². The number of nitrogens with one attached hydrogen (secondary N) is 1. The minimum absolute atomic E-state index is 0.00774. The van der Waals surface area contributed by atoms with Crippen molar-refractivity contribution < 1.29 is 24.2 Å². The van der Waals surface area contributed by atoms with Crippen molar-refractivity contribution in [2.24, 2.45) is 5.92 Å². The molecule has 1 saturated carbocycles. The van der Waals surface area contributed by atoms with Crippen molar-refractivity contribution in [3.8, 4) is 11.1 Å². The zero-order valence-corrected chi connectivity index (χ0v) is 20.6. The lowest BCUT2D eigenvalue weighted by molar-refractivity contribution is -0.155. The molecule has 35 heavy (non-hydrogen) atoms. The first-order chi connectivity index (χ1) is 17.0. The van der Waals surface area contributed by atoms with Gasteiger partial charge in [0.15, 0.2) is 0 Å². The lowest BCUT2D eigenvalue weighted by Crippen LogP contribution is -2.57. The molecule has 1 saturated heterocycles. The largest absolute Gasteiger partial charge is 0.479 e. The van der Waals surface area contributed by atoms with Crippen molar-refractivity contribution in [1.29, 1.82) is 0 Å². The Labute approximate surface area is 209 Å². The van der Waals surface area contributed by atoms with E-state index in [1.54, 1.807) is 11.8 Å². The average molecular weight is 495 g/mol. The fourth-order valence-corrected chi connectivity index (χ4v) is 6.30. The van der Waals surface area contributed by atoms with Gasteiger partial charge in [0.1, 0.15) is 18.2 Å². The number of hydrogen-bond acceptors (Lipinski definition) is 5. The highest BCUT2D eigenvalue weighted by Crippen LogP contribution is 2.54. The van der Waals surface area contributed by atoms with Crippen LogP contribution < -0.4 is 5.32 Å². The molecule has 3 atom stereocenters. The molecule has 0 spiro atoms. The minimum Gasteiger partial charge on any atom is -0.479 e. The number of rotatable bonds is 8. The van der Waals surface area contributed by atoms with Gasteiger partial charge in [-0.25, -0.2) is 9.59 Å². The van der Waals surface area contributed by atoms with Gasteiger partial charge in [-0.2, -0.15) is 11.8 Å². The molecule has 0 unspecified atom stereocenters. The number of fused-ring (bicyclic) bond motifs is 4. The molecule has 0 radical (unpaired) electrons. The predicted molar refractivity (Wildman–Crippen MR) is 134 cm³/mol. The third-order valence-electron chi connectivity index (χ3n) is 7.67. The number of thioether (sulfide) groups is 1. The number of carbonyl (C=O) groups is 3. The van der Waals surface area contributed by atoms with Crippen molar-refractivity contribution in [2.45, 2.75) is 43.2 Å². The van der Waals surface area contributed by atoms with Crippen LogP contribution >= 0.6 is 11.8 Å². The monoisotopic (exact) mass is 494 g/mol. The minimum atomic E-state index is -1.10. The maximum absolute atomic E-state index is 13.5. The van der Waals surface area contributed by atoms with Gasteiger partial charge in [0.25, 0.3) is 0 Å². The molecule has 7 nitrogen and oxygen atoms in total. The molecule has 2 fully saturated rings. The van der Waals surface area contributed by atoms with E-state index in [1.165, 1.54) is 4.90 Å². The van der Waals surface area contributed by atoms with Gasteiger partial charge in [-0.15, -0.1) is 0 Å². The van der Waals surface area contributed by atoms with E-state index in [1.807, 2.05) is 30.5 Å². The number of nitrogens with zero attached hydrogens (tertiary/aromatic N) is 1. The summed E-state index contributed by atoms with van der Waals surface area (Å²) in [5.41, 5.74) is 3.43. The Bertz CT molecular complexity index is 1110. The zero-order valence-electron chi connectivity index (χ0n) is 19.7. The van der Waals surface area contributed by atoms with E-state index in [-0.39, 0.29) is 24.3 Å². The molecule has 2 aromatic carbocycles. The van der Waals surface area contributed by atoms with Crippen LogP contribution in [0.5, 0.6) is 0 Å². The summed E-state index contributed by atoms with van der Waals surface area (Å²) >= 11 is 1.58. The van der Waals surface area contributed by atoms with Crippen molar-refractivity contribution in [3.63, 3.8) is 0 Å². The Morgan fingerprint density at radius 2 is 1.80 bits per heavy atom. The fraction of sp³-hybridized carbons (Fsp3) is 0.444. The second-order valence-electron chi connectivity index (χ2n) is 9.57. The summed E-state index contributed by atoms with van der Waals surface area (Å²) in [5, 5.41) is 12.6. The maximum Gasteiger partial charge on any atom is 0.407 e. The molecule has 0 aromatic heterocycles. The van der Waals surface area contributed by atoms with Gasteiger partial charge < -0.3 is 20.1 Å². The fourth-order valence-electron chi connectivity index (χ4n) is 5.83. The summed E-state index contributed by atoms with van der Waals surface area (Å²) in [5.74, 6) is -0.666. The van der Waals surface area contributed by atoms with E-state index in [4.69, 9.17) is 4.74 Å². The van der Waals surface area contributed by atoms with Crippen molar-refractivity contribution in [3.05, 3.63) is 59.7 Å². The van der Waals surface area contributed by atoms with Gasteiger partial charge in [-0.3, -0.25) is 4.79 Å². The van der Waals surface area contributed by atoms with E-state index in [0.717, 1.165) is 35.1 Å². The van der Waals surface area contributed by atoms with Crippen LogP contribution in [0, 0.1) is 5.92 Å². The van der Waals surface area contributed by atoms with E-state index >= 15 is 0 Å². The SMILES string of the molecule is CSCC[C@H](NC(=O)OCC1c2ccccc2-c2ccccc21)C(=O)N1CCC[C@H]2C[C@]21C(=O)O. The van der Waals surface area contributed by atoms with Gasteiger partial charge in [-0.1, -0.05) is 48.5 Å². The van der Waals surface area contributed by atoms with Crippen molar-refractivity contribution in [1.82, 2.24) is 10.2 Å². The van der Waals surface area contributed by atoms with Crippen LogP contribution in [0.3, 0.4) is 0 Å². The Hall–Kier alpha value is -3.00. The number of amides is 2. The smallest absolute Gasteiger partial charge is 0.407 e. The number of aliphatic carboxylic acids is 1. The molecule has 0 bridgehead atoms. The number of carboxylic acid groups (broad SMARTS) is 1. The normalized spacial score (nSPS) is 23.0. The zero-order chi connectivity index (χ0) is 24.6. The lowest BCUT2D eigenvalue weighted by Gasteiger charge is -2.36. The Balaban J connectivity index is 1.28. The number of likely N-dealkylation sites (tertiary alicyclic amines) is 1. The van der Waals surface area contributed by atoms with Crippen molar-refractivity contribution >= 4 is 29.7 Å². The molecule has 2 amide bonds. The molecule has 1 aliphatic heterocycles. The first-order valence-corrected chi connectivity index (χ1v) is 13.5. The average Bonchev–Trinajstić information content (AvgIpc) is 3.56. The van der Waals surface area contributed by atoms with Gasteiger partial charge in [0.05, 0.1) is 0 Å². The highest BCUT2D eigenvalue weighted by Gasteiger charge is 2.67. The van der Waals surface area contributed by atoms with Crippen LogP contribution in [0.4, 0.5) is 4.79 Å². The number of ether oxygens (including phenoxy) is 1. The van der Waals surface area contributed by atoms with Gasteiger partial charge in [0.2, 0.25) is 5.91 Å². The summed E-state index contributed by atoms with van der Waals surface area (Å²) in [6, 6.07) is 15.4. The molecular weight excluding hydrogens is 464 g/mol. The lowest BCUT2D eigenvalue weighted by atomic mass is 9.98. The molecule has 184 valence electrons. The Morgan fingerprint density at radius 1 is 1.14 bits per heavy atom. The highest BCUT2D eigenvalue weighted by molar-refractivity contribution is 7.98. The number of benzene rings is 2. The topological polar surface area (TPSA) is 95.9 Å². The van der Waals surface area contributed by atoms with E-state index in [0.29, 0.717) is 25.1 Å². The number of hydrogen-bond donors (Lipinski definition) is 2. The van der Waals surface area contributed by atoms with Crippen LogP contribution in [0.2, 0.25) is 0 Å². The van der Waals surface area contributed by atoms with Gasteiger partial charge in [-0.05, 0) is 65.9 Å². The summed E-state index contributed by atoms with van der Waals surface area (Å²) in [7, 11) is 0. The molecule has 8 heteroatoms. The molecule has 2 aliphatic carbocycles. The Morgan fingerprint density at radius 3 is 2.43 bits per heavy atom. The summed E-state index contributed by atoms with van der Waals surface area (Å²) in [6.45, 7) is 0.567. The first kappa shape index (κ1) is 23.7. The third kappa shape index (κ3) is 4.18. The Kier molecular flexibility index (Phi) is 6.49. The van der Waals surface area contributed by atoms with Crippen LogP contribution in [-0.2, 0) is 14.3 Å². The van der Waals surface area contributed by atoms with Crippen LogP contribution in [0.25, 0.3) is 11.1 Å². The first-order valence-electron chi connectivity index (χ1n) is 12.1. The van der Waals surface area contributed by atoms with Crippen LogP contribution in [0.1, 0.15) is 42.7 Å². The standard InChI is InChI=1S/C27H30N2O5S/c1-35-14-12-23(24(30)29-13-6-7-17-15-27(17,29)25(31)32)28-26(33)34-16-22-20-10-4-2-8-18(20)19-9-3-5-11-21(19)22/h2-5,8-11,17,22-23H,6-7,12-16H2,1H3,(H,28,33)(H,31,32)/t17-,23-,27+/m0/s1. The highest BCUT2D eigenvalue weighted by atomic mass is 32.2. The molecule has 2 N–H and O–H groups in total. The van der Waals surface area contributed by atoms with E-state index in [9.17, 15) is 19.5 Å². The van der Waals surface area contributed by atoms with Gasteiger partial charge >= 0.3 is 12.1 Å². The number of alkyl carbamates (subject to hydrolysis) is 1. The van der Waals surface area contributed by atoms with E-state index < -0.39 is 23.6 Å². The molecule has 1 heterocycles. The number of piperidine rings is 1. The second-order valence-corrected chi connectivity index (χ2v) is 10.6. The summed E-state index contributed by atoms with van der Waals surface area (Å²) < 4.78 is 5.65. The molecule has 3 aliphatic rings. The predicted octanol–water partition coefficient (Wildman–Crippen LogP) is 4.11. The quantitative estimate of drug-likeness (QED) is 0.573. The number of carboxylic acids is 1. The summed E-state index contributed by atoms with van der Waals surface area (Å²) in [4.78, 5) is 39.9. The maximum atomic E-state index is 13.5. The third-order valence-corrected chi connectivity index (χ3v) is 8.31. The van der Waals surface area contributed by atoms with Crippen LogP contribution in [0.15, 0.2) is 48.5 Å².